The topological polar surface area (TPSA) is 50.7 Å². The number of amides is 1. The van der Waals surface area contributed by atoms with E-state index < -0.39 is 0 Å². The highest BCUT2D eigenvalue weighted by Crippen LogP contribution is 2.32. The maximum atomic E-state index is 14.4. The Bertz CT molecular complexity index is 890. The van der Waals surface area contributed by atoms with Crippen molar-refractivity contribution in [2.24, 2.45) is 4.99 Å². The van der Waals surface area contributed by atoms with Crippen molar-refractivity contribution >= 4 is 17.3 Å². The molecule has 29 heavy (non-hydrogen) atoms. The molecule has 1 aromatic carbocycles. The Kier molecular flexibility index (Phi) is 6.94. The first-order valence-corrected chi connectivity index (χ1v) is 9.95. The van der Waals surface area contributed by atoms with Gasteiger partial charge in [0.2, 0.25) is 0 Å². The summed E-state index contributed by atoms with van der Waals surface area (Å²) < 4.78 is 19.9. The van der Waals surface area contributed by atoms with Gasteiger partial charge in [-0.25, -0.2) is 9.38 Å². The number of rotatable bonds is 7. The second-order valence-corrected chi connectivity index (χ2v) is 7.31. The van der Waals surface area contributed by atoms with Crippen LogP contribution >= 0.6 is 0 Å². The van der Waals surface area contributed by atoms with Gasteiger partial charge in [-0.1, -0.05) is 42.5 Å². The molecule has 0 aliphatic carbocycles. The van der Waals surface area contributed by atoms with Gasteiger partial charge in [-0.15, -0.1) is 6.58 Å². The molecule has 0 unspecified atom stereocenters. The van der Waals surface area contributed by atoms with Gasteiger partial charge < -0.3 is 10.1 Å². The maximum Gasteiger partial charge on any atom is 0.266 e. The summed E-state index contributed by atoms with van der Waals surface area (Å²) in [7, 11) is 0. The fourth-order valence-corrected chi connectivity index (χ4v) is 3.68. The molecular formula is C24H27FN2O2. The third kappa shape index (κ3) is 4.98. The van der Waals surface area contributed by atoms with E-state index in [2.05, 4.69) is 16.9 Å². The van der Waals surface area contributed by atoms with Crippen molar-refractivity contribution < 1.29 is 13.9 Å². The first kappa shape index (κ1) is 20.9. The van der Waals surface area contributed by atoms with E-state index in [4.69, 9.17) is 4.74 Å². The lowest BCUT2D eigenvalue weighted by Gasteiger charge is -2.37. The van der Waals surface area contributed by atoms with Crippen LogP contribution in [0.1, 0.15) is 38.2 Å². The zero-order chi connectivity index (χ0) is 20.7. The minimum atomic E-state index is -0.360. The molecule has 2 aliphatic heterocycles. The van der Waals surface area contributed by atoms with Crippen LogP contribution in [0.15, 0.2) is 71.8 Å². The number of nitrogens with zero attached hydrogens (tertiary/aromatic N) is 1. The number of aliphatic imine (C=N–C) groups is 1. The first-order valence-electron chi connectivity index (χ1n) is 9.95. The summed E-state index contributed by atoms with van der Waals surface area (Å²) in [6.07, 6.45) is 11.9. The third-order valence-electron chi connectivity index (χ3n) is 5.26. The average Bonchev–Trinajstić information content (AvgIpc) is 3.13. The minimum Gasteiger partial charge on any atom is -0.381 e. The predicted molar refractivity (Wildman–Crippen MR) is 115 cm³/mol. The van der Waals surface area contributed by atoms with Crippen molar-refractivity contribution in [2.45, 2.75) is 38.1 Å². The maximum absolute atomic E-state index is 14.4. The zero-order valence-electron chi connectivity index (χ0n) is 16.8. The molecule has 3 rings (SSSR count). The van der Waals surface area contributed by atoms with Gasteiger partial charge in [0.15, 0.2) is 0 Å². The number of hydrogen-bond acceptors (Lipinski definition) is 3. The number of halogens is 1. The van der Waals surface area contributed by atoms with E-state index in [-0.39, 0.29) is 17.3 Å². The average molecular weight is 394 g/mol. The van der Waals surface area contributed by atoms with Crippen molar-refractivity contribution in [3.63, 3.8) is 0 Å². The monoisotopic (exact) mass is 394 g/mol. The molecule has 152 valence electrons. The highest BCUT2D eigenvalue weighted by molar-refractivity contribution is 6.41. The number of ether oxygens (including phenoxy) is 1. The highest BCUT2D eigenvalue weighted by atomic mass is 19.1. The molecule has 0 atom stereocenters. The van der Waals surface area contributed by atoms with E-state index in [9.17, 15) is 9.18 Å². The van der Waals surface area contributed by atoms with Crippen molar-refractivity contribution in [1.82, 2.24) is 5.32 Å². The molecule has 1 aromatic rings. The lowest BCUT2D eigenvalue weighted by atomic mass is 9.86. The molecule has 1 N–H and O–H groups in total. The van der Waals surface area contributed by atoms with Gasteiger partial charge in [0, 0.05) is 30.7 Å². The van der Waals surface area contributed by atoms with Crippen molar-refractivity contribution in [3.8, 4) is 0 Å². The molecule has 2 heterocycles. The zero-order valence-corrected chi connectivity index (χ0v) is 16.8. The Labute approximate surface area is 171 Å². The quantitative estimate of drug-likeness (QED) is 0.536. The third-order valence-corrected chi connectivity index (χ3v) is 5.26. The fraction of sp³-hybridized carbons (Fsp3) is 0.333. The SMILES string of the molecule is C=CCC1(NC(=O)C2=NC(c3ccccc3F)=C(/C=C\C=C/C)C2)CCOCC1. The number of benzene rings is 1. The Morgan fingerprint density at radius 3 is 2.76 bits per heavy atom. The summed E-state index contributed by atoms with van der Waals surface area (Å²) in [6, 6.07) is 6.51. The van der Waals surface area contributed by atoms with E-state index >= 15 is 0 Å². The van der Waals surface area contributed by atoms with E-state index in [1.54, 1.807) is 18.2 Å². The van der Waals surface area contributed by atoms with Crippen molar-refractivity contribution in [2.75, 3.05) is 13.2 Å². The van der Waals surface area contributed by atoms with Crippen LogP contribution in [-0.2, 0) is 9.53 Å². The Balaban J connectivity index is 1.87. The van der Waals surface area contributed by atoms with Crippen LogP contribution in [0.3, 0.4) is 0 Å². The van der Waals surface area contributed by atoms with Crippen LogP contribution in [0, 0.1) is 5.82 Å². The van der Waals surface area contributed by atoms with Crippen LogP contribution < -0.4 is 5.32 Å². The Morgan fingerprint density at radius 1 is 1.31 bits per heavy atom. The molecule has 0 saturated carbocycles. The molecule has 0 radical (unpaired) electrons. The molecular weight excluding hydrogens is 367 g/mol. The normalized spacial score (nSPS) is 19.0. The van der Waals surface area contributed by atoms with Crippen LogP contribution in [0.25, 0.3) is 5.70 Å². The summed E-state index contributed by atoms with van der Waals surface area (Å²) in [5, 5.41) is 3.17. The molecule has 1 fully saturated rings. The molecule has 0 spiro atoms. The first-order chi connectivity index (χ1) is 14.1. The van der Waals surface area contributed by atoms with Gasteiger partial charge in [0.05, 0.1) is 5.70 Å². The fourth-order valence-electron chi connectivity index (χ4n) is 3.68. The second-order valence-electron chi connectivity index (χ2n) is 7.31. The Morgan fingerprint density at radius 2 is 2.07 bits per heavy atom. The smallest absolute Gasteiger partial charge is 0.266 e. The summed E-state index contributed by atoms with van der Waals surface area (Å²) >= 11 is 0. The molecule has 2 aliphatic rings. The predicted octanol–water partition coefficient (Wildman–Crippen LogP) is 4.76. The van der Waals surface area contributed by atoms with E-state index in [0.29, 0.717) is 43.0 Å². The molecule has 0 bridgehead atoms. The van der Waals surface area contributed by atoms with Crippen LogP contribution in [0.5, 0.6) is 0 Å². The number of carbonyl (C=O) groups excluding carboxylic acids is 1. The van der Waals surface area contributed by atoms with Gasteiger partial charge in [0.1, 0.15) is 11.5 Å². The molecule has 0 aromatic heterocycles. The minimum absolute atomic E-state index is 0.211. The number of carbonyl (C=O) groups is 1. The Hall–Kier alpha value is -2.79. The molecule has 1 saturated heterocycles. The number of nitrogens with one attached hydrogen (secondary N) is 1. The number of hydrogen-bond donors (Lipinski definition) is 1. The van der Waals surface area contributed by atoms with Gasteiger partial charge in [-0.3, -0.25) is 4.79 Å². The second kappa shape index (κ2) is 9.61. The lowest BCUT2D eigenvalue weighted by Crippen LogP contribution is -2.53. The lowest BCUT2D eigenvalue weighted by molar-refractivity contribution is -0.117. The van der Waals surface area contributed by atoms with Gasteiger partial charge >= 0.3 is 0 Å². The van der Waals surface area contributed by atoms with Crippen molar-refractivity contribution in [3.05, 3.63) is 78.2 Å². The van der Waals surface area contributed by atoms with Crippen LogP contribution in [-0.4, -0.2) is 30.4 Å². The van der Waals surface area contributed by atoms with E-state index in [1.165, 1.54) is 6.07 Å². The standard InChI is InChI=1S/C24H27FN2O2/c1-3-5-6-9-18-17-21(26-22(18)19-10-7-8-11-20(19)25)23(28)27-24(12-4-2)13-15-29-16-14-24/h3-11H,2,12-17H2,1H3,(H,27,28)/b5-3-,9-6-. The van der Waals surface area contributed by atoms with E-state index in [1.807, 2.05) is 37.3 Å². The van der Waals surface area contributed by atoms with Gasteiger partial charge in [0.25, 0.3) is 5.91 Å². The highest BCUT2D eigenvalue weighted by Gasteiger charge is 2.35. The summed E-state index contributed by atoms with van der Waals surface area (Å²) in [5.74, 6) is -0.561. The van der Waals surface area contributed by atoms with Crippen LogP contribution in [0.2, 0.25) is 0 Å². The summed E-state index contributed by atoms with van der Waals surface area (Å²) in [4.78, 5) is 17.6. The molecule has 4 nitrogen and oxygen atoms in total. The van der Waals surface area contributed by atoms with Crippen LogP contribution in [0.4, 0.5) is 4.39 Å². The summed E-state index contributed by atoms with van der Waals surface area (Å²) in [6.45, 7) is 6.97. The van der Waals surface area contributed by atoms with Crippen molar-refractivity contribution in [1.29, 1.82) is 0 Å². The largest absolute Gasteiger partial charge is 0.381 e. The van der Waals surface area contributed by atoms with Gasteiger partial charge in [-0.2, -0.15) is 0 Å². The summed E-state index contributed by atoms with van der Waals surface area (Å²) in [5.41, 5.74) is 1.78. The molecule has 5 heteroatoms. The molecule has 1 amide bonds. The van der Waals surface area contributed by atoms with E-state index in [0.717, 1.165) is 18.4 Å². The number of allylic oxidation sites excluding steroid dienone is 5. The van der Waals surface area contributed by atoms with Gasteiger partial charge in [-0.05, 0) is 43.9 Å².